The molecule has 1 saturated heterocycles. The molecule has 3 atom stereocenters. The molecule has 0 aromatic heterocycles. The minimum Gasteiger partial charge on any atom is -0.481 e. The Hall–Kier alpha value is -7.50. The third-order valence-electron chi connectivity index (χ3n) is 12.4. The molecule has 8 N–H and O–H groups in total. The molecule has 0 unspecified atom stereocenters. The number of rotatable bonds is 15. The molecule has 0 aliphatic carbocycles. The number of benzene rings is 4. The number of carboxylic acids is 1. The Morgan fingerprint density at radius 3 is 2.20 bits per heavy atom. The number of ether oxygens (including phenoxy) is 1. The summed E-state index contributed by atoms with van der Waals surface area (Å²) in [5, 5.41) is 23.3. The summed E-state index contributed by atoms with van der Waals surface area (Å²) < 4.78 is 5.37. The van der Waals surface area contributed by atoms with Gasteiger partial charge in [0.25, 0.3) is 0 Å². The number of piperidine rings is 1. The molecule has 0 spiro atoms. The van der Waals surface area contributed by atoms with Crippen molar-refractivity contribution >= 4 is 47.2 Å². The van der Waals surface area contributed by atoms with Crippen LogP contribution >= 0.6 is 0 Å². The van der Waals surface area contributed by atoms with Gasteiger partial charge in [0.2, 0.25) is 35.4 Å². The quantitative estimate of drug-likeness (QED) is 0.0674. The topological polar surface area (TPSA) is 255 Å². The van der Waals surface area contributed by atoms with E-state index < -0.39 is 58.9 Å². The second kappa shape index (κ2) is 25.7. The molecule has 368 valence electrons. The number of amides is 6. The molecule has 70 heavy (non-hydrogen) atoms. The van der Waals surface area contributed by atoms with Gasteiger partial charge >= 0.3 is 5.97 Å². The average Bonchev–Trinajstić information content (AvgIpc) is 3.36. The second-order valence-corrected chi connectivity index (χ2v) is 17.5. The van der Waals surface area contributed by atoms with Gasteiger partial charge in [-0.2, -0.15) is 0 Å². The van der Waals surface area contributed by atoms with E-state index in [1.54, 1.807) is 48.5 Å². The third-order valence-corrected chi connectivity index (χ3v) is 12.4. The van der Waals surface area contributed by atoms with Crippen LogP contribution in [0.2, 0.25) is 0 Å². The molecule has 2 aliphatic heterocycles. The van der Waals surface area contributed by atoms with E-state index in [0.29, 0.717) is 49.2 Å². The van der Waals surface area contributed by atoms with E-state index >= 15 is 0 Å². The Morgan fingerprint density at radius 2 is 1.49 bits per heavy atom. The van der Waals surface area contributed by atoms with Gasteiger partial charge in [0.05, 0.1) is 31.5 Å². The van der Waals surface area contributed by atoms with Crippen molar-refractivity contribution in [2.24, 2.45) is 11.1 Å². The molecular weight excluding hydrogens is 895 g/mol. The Kier molecular flexibility index (Phi) is 19.1. The summed E-state index contributed by atoms with van der Waals surface area (Å²) >= 11 is 0. The zero-order chi connectivity index (χ0) is 49.9. The summed E-state index contributed by atoms with van der Waals surface area (Å²) in [4.78, 5) is 108. The lowest BCUT2D eigenvalue weighted by Gasteiger charge is -2.42. The Bertz CT molecular complexity index is 2520. The van der Waals surface area contributed by atoms with Gasteiger partial charge in [0, 0.05) is 69.8 Å². The zero-order valence-corrected chi connectivity index (χ0v) is 39.1. The smallest absolute Gasteiger partial charge is 0.303 e. The average molecular weight is 956 g/mol. The summed E-state index contributed by atoms with van der Waals surface area (Å²) in [6, 6.07) is 28.7. The highest BCUT2D eigenvalue weighted by Crippen LogP contribution is 2.35. The molecule has 6 amide bonds. The second-order valence-electron chi connectivity index (χ2n) is 17.5. The summed E-state index contributed by atoms with van der Waals surface area (Å²) in [6.45, 7) is 1.37. The molecule has 2 bridgehead atoms. The van der Waals surface area contributed by atoms with Crippen LogP contribution in [-0.2, 0) is 64.1 Å². The number of carbonyl (C=O) groups is 8. The number of carboxylic acid groups (broad SMARTS) is 1. The maximum absolute atomic E-state index is 15.0. The van der Waals surface area contributed by atoms with Gasteiger partial charge in [-0.3, -0.25) is 38.4 Å². The Morgan fingerprint density at radius 1 is 0.786 bits per heavy atom. The lowest BCUT2D eigenvalue weighted by Crippen LogP contribution is -2.58. The predicted octanol–water partition coefficient (Wildman–Crippen LogP) is 2.79. The highest BCUT2D eigenvalue weighted by atomic mass is 16.5. The fourth-order valence-corrected chi connectivity index (χ4v) is 8.62. The maximum atomic E-state index is 15.0. The zero-order valence-electron chi connectivity index (χ0n) is 39.1. The van der Waals surface area contributed by atoms with Gasteiger partial charge in [-0.25, -0.2) is 0 Å². The van der Waals surface area contributed by atoms with Gasteiger partial charge in [0.15, 0.2) is 5.78 Å². The molecule has 17 nitrogen and oxygen atoms in total. The number of hydrogen-bond donors (Lipinski definition) is 7. The fraction of sp³-hybridized carbons (Fsp3) is 0.358. The molecule has 17 heteroatoms. The van der Waals surface area contributed by atoms with E-state index in [1.807, 2.05) is 54.6 Å². The first-order valence-electron chi connectivity index (χ1n) is 23.6. The van der Waals surface area contributed by atoms with Gasteiger partial charge in [-0.05, 0) is 59.1 Å². The van der Waals surface area contributed by atoms with Crippen molar-refractivity contribution in [2.45, 2.75) is 70.0 Å². The van der Waals surface area contributed by atoms with Crippen LogP contribution in [0.25, 0.3) is 11.1 Å². The van der Waals surface area contributed by atoms with Crippen LogP contribution in [0.1, 0.15) is 64.7 Å². The number of fused-ring (bicyclic) bond motifs is 3. The fourth-order valence-electron chi connectivity index (χ4n) is 8.62. The van der Waals surface area contributed by atoms with Crippen LogP contribution in [0.5, 0.6) is 0 Å². The van der Waals surface area contributed by atoms with E-state index in [0.717, 1.165) is 34.4 Å². The van der Waals surface area contributed by atoms with Gasteiger partial charge in [-0.15, -0.1) is 0 Å². The minimum atomic E-state index is -1.15. The maximum Gasteiger partial charge on any atom is 0.303 e. The monoisotopic (exact) mass is 955 g/mol. The van der Waals surface area contributed by atoms with Crippen LogP contribution in [0.15, 0.2) is 115 Å². The molecule has 2 aliphatic rings. The van der Waals surface area contributed by atoms with Crippen molar-refractivity contribution in [1.82, 2.24) is 31.5 Å². The number of Topliss-reactive ketones (excluding diaryl/α,β-unsaturated/α-hetero) is 1. The number of nitrogens with one attached hydrogen (secondary N) is 5. The van der Waals surface area contributed by atoms with Crippen LogP contribution < -0.4 is 32.3 Å². The van der Waals surface area contributed by atoms with Crippen LogP contribution in [0.3, 0.4) is 0 Å². The molecule has 0 radical (unpaired) electrons. The number of carbonyl (C=O) groups excluding carboxylic acids is 7. The lowest BCUT2D eigenvalue weighted by molar-refractivity contribution is -0.141. The Labute approximate surface area is 407 Å². The van der Waals surface area contributed by atoms with E-state index in [1.165, 1.54) is 4.90 Å². The lowest BCUT2D eigenvalue weighted by atomic mass is 9.74. The van der Waals surface area contributed by atoms with Crippen molar-refractivity contribution in [3.8, 4) is 11.1 Å². The minimum absolute atomic E-state index is 0.00488. The summed E-state index contributed by atoms with van der Waals surface area (Å²) in [7, 11) is 0. The van der Waals surface area contributed by atoms with Crippen LogP contribution in [0, 0.1) is 5.41 Å². The molecule has 6 rings (SSSR count). The van der Waals surface area contributed by atoms with Gasteiger partial charge in [0.1, 0.15) is 12.1 Å². The summed E-state index contributed by atoms with van der Waals surface area (Å²) in [5.41, 5.74) is 9.20. The number of aliphatic carboxylic acids is 1. The summed E-state index contributed by atoms with van der Waals surface area (Å²) in [5.74, 6) is -4.23. The van der Waals surface area contributed by atoms with Crippen LogP contribution in [-0.4, -0.2) is 115 Å². The molecule has 4 aromatic rings. The van der Waals surface area contributed by atoms with Crippen LogP contribution in [0.4, 0.5) is 0 Å². The molecule has 1 fully saturated rings. The molecule has 2 heterocycles. The molecular formula is C53H61N7O10. The number of ketones is 1. The summed E-state index contributed by atoms with van der Waals surface area (Å²) in [6.07, 6.45) is 3.05. The van der Waals surface area contributed by atoms with E-state index in [9.17, 15) is 38.4 Å². The van der Waals surface area contributed by atoms with Crippen molar-refractivity contribution in [3.05, 3.63) is 143 Å². The van der Waals surface area contributed by atoms with Crippen molar-refractivity contribution in [2.75, 3.05) is 45.9 Å². The highest BCUT2D eigenvalue weighted by Gasteiger charge is 2.44. The van der Waals surface area contributed by atoms with Crippen molar-refractivity contribution < 1.29 is 48.2 Å². The van der Waals surface area contributed by atoms with E-state index in [4.69, 9.17) is 15.6 Å². The van der Waals surface area contributed by atoms with Gasteiger partial charge < -0.3 is 47.1 Å². The first-order chi connectivity index (χ1) is 33.8. The van der Waals surface area contributed by atoms with E-state index in [-0.39, 0.29) is 77.1 Å². The van der Waals surface area contributed by atoms with Gasteiger partial charge in [-0.1, -0.05) is 103 Å². The normalized spacial score (nSPS) is 20.0. The first kappa shape index (κ1) is 51.9. The number of nitrogens with two attached hydrogens (primary N) is 1. The highest BCUT2D eigenvalue weighted by molar-refractivity contribution is 5.98. The SMILES string of the molecule is NCCOCCNC(=O)[C@@H]1CCNC(=O)/C=C/C(=O)N2CCC[C@](Cc3ccccc3)(C2)C(=O)N[C@@H](Cc2ccc(-c3ccc(C(=O)CCC(=O)O)cc3)cc2)C(=O)NCc2ccccc2CC(=O)N1. The van der Waals surface area contributed by atoms with Crippen molar-refractivity contribution in [1.29, 1.82) is 0 Å². The van der Waals surface area contributed by atoms with E-state index in [2.05, 4.69) is 26.6 Å². The number of hydrogen-bond acceptors (Lipinski definition) is 10. The standard InChI is InChI=1S/C53H61N7O10/c54-25-29-70-30-27-56-50(67)43-23-26-55-46(62)20-21-48(64)60-28-6-24-53(35-60,33-37-7-2-1-3-8-37)52(69)59-44(51(68)57-34-42-10-5-4-9-41(42)32-47(63)58-43)31-36-11-13-38(14-12-36)39-15-17-40(18-16-39)45(61)19-22-49(65)66/h1-5,7-18,20-21,43-44H,6,19,22-35,54H2,(H,55,62)(H,56,67)(H,57,68)(H,58,63)(H,59,69)(H,65,66)/b21-20+/t43-,44-,53-/m0/s1. The number of nitrogens with zero attached hydrogens (tertiary/aromatic N) is 1. The third kappa shape index (κ3) is 15.3. The largest absolute Gasteiger partial charge is 0.481 e. The Balaban J connectivity index is 1.29. The first-order valence-corrected chi connectivity index (χ1v) is 23.6. The molecule has 4 aromatic carbocycles. The van der Waals surface area contributed by atoms with Crippen molar-refractivity contribution in [3.63, 3.8) is 0 Å². The predicted molar refractivity (Wildman–Crippen MR) is 261 cm³/mol. The molecule has 0 saturated carbocycles.